The van der Waals surface area contributed by atoms with Gasteiger partial charge in [0, 0.05) is 6.08 Å². The summed E-state index contributed by atoms with van der Waals surface area (Å²) in [5.74, 6) is 0.547. The van der Waals surface area contributed by atoms with E-state index in [-0.39, 0.29) is 5.97 Å². The van der Waals surface area contributed by atoms with Gasteiger partial charge in [-0.05, 0) is 43.5 Å². The first-order valence-electron chi connectivity index (χ1n) is 6.25. The topological polar surface area (TPSA) is 35.5 Å². The van der Waals surface area contributed by atoms with Crippen LogP contribution in [0, 0.1) is 0 Å². The van der Waals surface area contributed by atoms with Gasteiger partial charge in [0.15, 0.2) is 0 Å². The summed E-state index contributed by atoms with van der Waals surface area (Å²) in [6.07, 6.45) is 2.49. The van der Waals surface area contributed by atoms with Crippen molar-refractivity contribution in [1.29, 1.82) is 0 Å². The predicted octanol–water partition coefficient (Wildman–Crippen LogP) is 3.44. The number of allylic oxidation sites excluding steroid dienone is 1. The smallest absolute Gasteiger partial charge is 0.331 e. The van der Waals surface area contributed by atoms with Crippen molar-refractivity contribution in [1.82, 2.24) is 0 Å². The average Bonchev–Trinajstić information content (AvgIpc) is 2.37. The summed E-state index contributed by atoms with van der Waals surface area (Å²) in [7, 11) is 0. The maximum atomic E-state index is 11.3. The van der Waals surface area contributed by atoms with E-state index in [0.29, 0.717) is 6.61 Å². The molecular formula is C15H20O3. The zero-order chi connectivity index (χ0) is 13.4. The largest absolute Gasteiger partial charge is 0.494 e. The van der Waals surface area contributed by atoms with Gasteiger partial charge in [0.25, 0.3) is 0 Å². The van der Waals surface area contributed by atoms with Crippen LogP contribution in [0.1, 0.15) is 32.8 Å². The van der Waals surface area contributed by atoms with Crippen molar-refractivity contribution in [2.24, 2.45) is 0 Å². The van der Waals surface area contributed by atoms with E-state index in [0.717, 1.165) is 29.9 Å². The van der Waals surface area contributed by atoms with E-state index >= 15 is 0 Å². The van der Waals surface area contributed by atoms with Crippen LogP contribution >= 0.6 is 0 Å². The highest BCUT2D eigenvalue weighted by Gasteiger charge is 2.01. The first-order chi connectivity index (χ1) is 8.67. The lowest BCUT2D eigenvalue weighted by molar-refractivity contribution is -0.137. The van der Waals surface area contributed by atoms with E-state index in [4.69, 9.17) is 9.47 Å². The number of carbonyl (C=O) groups excluding carboxylic acids is 1. The van der Waals surface area contributed by atoms with Crippen LogP contribution in [0.15, 0.2) is 30.3 Å². The summed E-state index contributed by atoms with van der Waals surface area (Å²) in [6.45, 7) is 6.86. The minimum atomic E-state index is -0.304. The first kappa shape index (κ1) is 14.3. The van der Waals surface area contributed by atoms with Gasteiger partial charge in [-0.1, -0.05) is 19.1 Å². The molecule has 3 heteroatoms. The fourth-order valence-electron chi connectivity index (χ4n) is 1.48. The normalized spacial score (nSPS) is 11.2. The third-order valence-corrected chi connectivity index (χ3v) is 2.40. The molecule has 0 aliphatic carbocycles. The molecular weight excluding hydrogens is 228 g/mol. The third kappa shape index (κ3) is 4.62. The van der Waals surface area contributed by atoms with E-state index in [1.807, 2.05) is 31.2 Å². The molecule has 0 aliphatic rings. The lowest BCUT2D eigenvalue weighted by atomic mass is 10.1. The van der Waals surface area contributed by atoms with E-state index < -0.39 is 0 Å². The SMILES string of the molecule is CCCOc1ccc(C(C)=CC(=O)OCC)cc1. The van der Waals surface area contributed by atoms with Gasteiger partial charge in [0.05, 0.1) is 13.2 Å². The molecule has 0 amide bonds. The number of esters is 1. The van der Waals surface area contributed by atoms with Crippen molar-refractivity contribution in [2.45, 2.75) is 27.2 Å². The Morgan fingerprint density at radius 2 is 1.89 bits per heavy atom. The monoisotopic (exact) mass is 248 g/mol. The molecule has 3 nitrogen and oxygen atoms in total. The lowest BCUT2D eigenvalue weighted by Gasteiger charge is -2.06. The number of rotatable bonds is 6. The van der Waals surface area contributed by atoms with Crippen LogP contribution in [-0.4, -0.2) is 19.2 Å². The van der Waals surface area contributed by atoms with Crippen LogP contribution in [0.5, 0.6) is 5.75 Å². The fraction of sp³-hybridized carbons (Fsp3) is 0.400. The minimum absolute atomic E-state index is 0.304. The Hall–Kier alpha value is -1.77. The van der Waals surface area contributed by atoms with Crippen molar-refractivity contribution < 1.29 is 14.3 Å². The van der Waals surface area contributed by atoms with Gasteiger partial charge in [0.1, 0.15) is 5.75 Å². The number of benzene rings is 1. The number of carbonyl (C=O) groups is 1. The van der Waals surface area contributed by atoms with Gasteiger partial charge < -0.3 is 9.47 Å². The van der Waals surface area contributed by atoms with Gasteiger partial charge in [-0.3, -0.25) is 0 Å². The average molecular weight is 248 g/mol. The molecule has 0 bridgehead atoms. The Bertz CT molecular complexity index is 404. The second-order valence-electron chi connectivity index (χ2n) is 3.95. The van der Waals surface area contributed by atoms with Crippen LogP contribution in [0.4, 0.5) is 0 Å². The Balaban J connectivity index is 2.69. The maximum absolute atomic E-state index is 11.3. The molecule has 0 N–H and O–H groups in total. The zero-order valence-corrected chi connectivity index (χ0v) is 11.2. The third-order valence-electron chi connectivity index (χ3n) is 2.40. The molecule has 0 atom stereocenters. The highest BCUT2D eigenvalue weighted by molar-refractivity contribution is 5.90. The van der Waals surface area contributed by atoms with Crippen molar-refractivity contribution in [3.05, 3.63) is 35.9 Å². The van der Waals surface area contributed by atoms with Gasteiger partial charge in [-0.15, -0.1) is 0 Å². The summed E-state index contributed by atoms with van der Waals surface area (Å²) in [6, 6.07) is 7.70. The van der Waals surface area contributed by atoms with Gasteiger partial charge in [-0.25, -0.2) is 4.79 Å². The quantitative estimate of drug-likeness (QED) is 0.571. The molecule has 18 heavy (non-hydrogen) atoms. The van der Waals surface area contributed by atoms with Crippen LogP contribution in [0.25, 0.3) is 5.57 Å². The highest BCUT2D eigenvalue weighted by atomic mass is 16.5. The molecule has 0 aromatic heterocycles. The Morgan fingerprint density at radius 1 is 1.22 bits per heavy atom. The van der Waals surface area contributed by atoms with Gasteiger partial charge in [-0.2, -0.15) is 0 Å². The maximum Gasteiger partial charge on any atom is 0.331 e. The molecule has 0 saturated carbocycles. The van der Waals surface area contributed by atoms with Crippen LogP contribution < -0.4 is 4.74 Å². The summed E-state index contributed by atoms with van der Waals surface area (Å²) >= 11 is 0. The molecule has 1 aromatic carbocycles. The molecule has 0 unspecified atom stereocenters. The van der Waals surface area contributed by atoms with Gasteiger partial charge >= 0.3 is 5.97 Å². The number of hydrogen-bond donors (Lipinski definition) is 0. The summed E-state index contributed by atoms with van der Waals surface area (Å²) in [4.78, 5) is 11.3. The zero-order valence-electron chi connectivity index (χ0n) is 11.2. The van der Waals surface area contributed by atoms with Crippen LogP contribution in [0.2, 0.25) is 0 Å². The summed E-state index contributed by atoms with van der Waals surface area (Å²) < 4.78 is 10.4. The molecule has 1 aromatic rings. The van der Waals surface area contributed by atoms with Crippen molar-refractivity contribution >= 4 is 11.5 Å². The number of hydrogen-bond acceptors (Lipinski definition) is 3. The molecule has 0 heterocycles. The predicted molar refractivity (Wildman–Crippen MR) is 72.5 cm³/mol. The molecule has 98 valence electrons. The van der Waals surface area contributed by atoms with Crippen LogP contribution in [0.3, 0.4) is 0 Å². The van der Waals surface area contributed by atoms with E-state index in [1.165, 1.54) is 6.08 Å². The molecule has 0 saturated heterocycles. The molecule has 0 aliphatic heterocycles. The molecule has 1 rings (SSSR count). The van der Waals surface area contributed by atoms with Gasteiger partial charge in [0.2, 0.25) is 0 Å². The van der Waals surface area contributed by atoms with Crippen molar-refractivity contribution in [3.63, 3.8) is 0 Å². The van der Waals surface area contributed by atoms with Crippen LogP contribution in [-0.2, 0) is 9.53 Å². The summed E-state index contributed by atoms with van der Waals surface area (Å²) in [5.41, 5.74) is 1.88. The summed E-state index contributed by atoms with van der Waals surface area (Å²) in [5, 5.41) is 0. The standard InChI is InChI=1S/C15H20O3/c1-4-10-18-14-8-6-13(7-9-14)12(3)11-15(16)17-5-2/h6-9,11H,4-5,10H2,1-3H3. The second kappa shape index (κ2) is 7.54. The number of ether oxygens (including phenoxy) is 2. The Kier molecular flexibility index (Phi) is 5.98. The second-order valence-corrected chi connectivity index (χ2v) is 3.95. The van der Waals surface area contributed by atoms with E-state index in [1.54, 1.807) is 6.92 Å². The van der Waals surface area contributed by atoms with Crippen molar-refractivity contribution in [3.8, 4) is 5.75 Å². The highest BCUT2D eigenvalue weighted by Crippen LogP contribution is 2.18. The molecule has 0 spiro atoms. The Labute approximate surface area is 108 Å². The molecule has 0 radical (unpaired) electrons. The molecule has 0 fully saturated rings. The van der Waals surface area contributed by atoms with E-state index in [9.17, 15) is 4.79 Å². The Morgan fingerprint density at radius 3 is 2.44 bits per heavy atom. The van der Waals surface area contributed by atoms with Crippen molar-refractivity contribution in [2.75, 3.05) is 13.2 Å². The lowest BCUT2D eigenvalue weighted by Crippen LogP contribution is -2.00. The first-order valence-corrected chi connectivity index (χ1v) is 6.25. The fourth-order valence-corrected chi connectivity index (χ4v) is 1.48. The van der Waals surface area contributed by atoms with E-state index in [2.05, 4.69) is 6.92 Å². The minimum Gasteiger partial charge on any atom is -0.494 e.